The van der Waals surface area contributed by atoms with E-state index in [9.17, 15) is 0 Å². The van der Waals surface area contributed by atoms with Gasteiger partial charge in [-0.3, -0.25) is 4.90 Å². The van der Waals surface area contributed by atoms with Gasteiger partial charge in [-0.25, -0.2) is 9.97 Å². The van der Waals surface area contributed by atoms with Crippen LogP contribution in [-0.2, 0) is 23.3 Å². The van der Waals surface area contributed by atoms with Gasteiger partial charge in [-0.05, 0) is 56.3 Å². The van der Waals surface area contributed by atoms with Crippen LogP contribution in [0, 0.1) is 6.92 Å². The van der Waals surface area contributed by atoms with E-state index < -0.39 is 0 Å². The standard InChI is InChI=1S/C22H22ClN3O2/c1-15-24-10-17-12-27-14-22(21(17)25-15)8-9-26(13-22)11-19-6-7-20(28-19)16-2-4-18(23)5-3-16/h2-7,10H,8-9,11-14H2,1H3. The third kappa shape index (κ3) is 3.24. The molecule has 1 fully saturated rings. The van der Waals surface area contributed by atoms with E-state index in [0.29, 0.717) is 6.61 Å². The van der Waals surface area contributed by atoms with Crippen molar-refractivity contribution in [3.63, 3.8) is 0 Å². The van der Waals surface area contributed by atoms with E-state index in [0.717, 1.165) is 66.2 Å². The molecule has 0 aliphatic carbocycles. The van der Waals surface area contributed by atoms with E-state index in [2.05, 4.69) is 16.0 Å². The molecule has 3 aromatic rings. The highest BCUT2D eigenvalue weighted by Gasteiger charge is 2.44. The summed E-state index contributed by atoms with van der Waals surface area (Å²) in [5, 5.41) is 0.729. The van der Waals surface area contributed by atoms with Gasteiger partial charge in [-0.2, -0.15) is 0 Å². The van der Waals surface area contributed by atoms with E-state index >= 15 is 0 Å². The van der Waals surface area contributed by atoms with E-state index in [1.807, 2.05) is 43.5 Å². The minimum atomic E-state index is -0.0348. The van der Waals surface area contributed by atoms with E-state index in [-0.39, 0.29) is 5.41 Å². The zero-order valence-corrected chi connectivity index (χ0v) is 16.6. The third-order valence-electron chi connectivity index (χ3n) is 5.73. The summed E-state index contributed by atoms with van der Waals surface area (Å²) in [7, 11) is 0. The van der Waals surface area contributed by atoms with Crippen molar-refractivity contribution in [1.82, 2.24) is 14.9 Å². The van der Waals surface area contributed by atoms with Gasteiger partial charge < -0.3 is 9.15 Å². The van der Waals surface area contributed by atoms with Crippen LogP contribution in [0.25, 0.3) is 11.3 Å². The van der Waals surface area contributed by atoms with Crippen molar-refractivity contribution < 1.29 is 9.15 Å². The first-order chi connectivity index (χ1) is 13.6. The molecular weight excluding hydrogens is 374 g/mol. The summed E-state index contributed by atoms with van der Waals surface area (Å²) in [4.78, 5) is 11.6. The number of aryl methyl sites for hydroxylation is 1. The lowest BCUT2D eigenvalue weighted by molar-refractivity contribution is 0.0498. The lowest BCUT2D eigenvalue weighted by Gasteiger charge is -2.34. The highest BCUT2D eigenvalue weighted by Crippen LogP contribution is 2.39. The predicted octanol–water partition coefficient (Wildman–Crippen LogP) is 4.37. The monoisotopic (exact) mass is 395 g/mol. The first kappa shape index (κ1) is 17.9. The molecule has 5 nitrogen and oxygen atoms in total. The Morgan fingerprint density at radius 1 is 1.18 bits per heavy atom. The fraction of sp³-hybridized carbons (Fsp3) is 0.364. The van der Waals surface area contributed by atoms with Crippen LogP contribution in [0.3, 0.4) is 0 Å². The second-order valence-corrected chi connectivity index (χ2v) is 8.23. The van der Waals surface area contributed by atoms with Crippen LogP contribution < -0.4 is 0 Å². The molecular formula is C22H22ClN3O2. The van der Waals surface area contributed by atoms with E-state index in [1.165, 1.54) is 5.69 Å². The van der Waals surface area contributed by atoms with Crippen LogP contribution in [0.2, 0.25) is 5.02 Å². The van der Waals surface area contributed by atoms with E-state index in [4.69, 9.17) is 25.7 Å². The second-order valence-electron chi connectivity index (χ2n) is 7.80. The second kappa shape index (κ2) is 6.99. The van der Waals surface area contributed by atoms with Crippen molar-refractivity contribution in [2.75, 3.05) is 19.7 Å². The van der Waals surface area contributed by atoms with Crippen LogP contribution >= 0.6 is 11.6 Å². The molecule has 0 amide bonds. The molecule has 0 bridgehead atoms. The van der Waals surface area contributed by atoms with Crippen LogP contribution in [0.1, 0.15) is 29.3 Å². The first-order valence-corrected chi connectivity index (χ1v) is 9.97. The SMILES string of the molecule is Cc1ncc2c(n1)C1(CCN(Cc3ccc(-c4ccc(Cl)cc4)o3)C1)COC2. The van der Waals surface area contributed by atoms with Crippen molar-refractivity contribution >= 4 is 11.6 Å². The normalized spacial score (nSPS) is 21.9. The smallest absolute Gasteiger partial charge is 0.134 e. The number of likely N-dealkylation sites (tertiary alicyclic amines) is 1. The molecule has 2 aliphatic heterocycles. The molecule has 1 atom stereocenters. The van der Waals surface area contributed by atoms with Gasteiger partial charge in [-0.1, -0.05) is 11.6 Å². The Morgan fingerprint density at radius 2 is 2.04 bits per heavy atom. The number of ether oxygens (including phenoxy) is 1. The number of furan rings is 1. The fourth-order valence-electron chi connectivity index (χ4n) is 4.34. The van der Waals surface area contributed by atoms with Crippen molar-refractivity contribution in [3.05, 3.63) is 70.5 Å². The minimum Gasteiger partial charge on any atom is -0.460 e. The van der Waals surface area contributed by atoms with Gasteiger partial charge in [0.15, 0.2) is 0 Å². The highest BCUT2D eigenvalue weighted by molar-refractivity contribution is 6.30. The molecule has 144 valence electrons. The molecule has 2 aromatic heterocycles. The summed E-state index contributed by atoms with van der Waals surface area (Å²) in [6.45, 7) is 6.00. The Labute approximate surface area is 169 Å². The summed E-state index contributed by atoms with van der Waals surface area (Å²) in [6.07, 6.45) is 2.97. The van der Waals surface area contributed by atoms with Gasteiger partial charge in [0.1, 0.15) is 17.3 Å². The van der Waals surface area contributed by atoms with E-state index in [1.54, 1.807) is 0 Å². The number of rotatable bonds is 3. The minimum absolute atomic E-state index is 0.0348. The number of hydrogen-bond acceptors (Lipinski definition) is 5. The Balaban J connectivity index is 1.33. The molecule has 1 aromatic carbocycles. The maximum Gasteiger partial charge on any atom is 0.134 e. The van der Waals surface area contributed by atoms with Gasteiger partial charge in [0.05, 0.1) is 30.9 Å². The largest absolute Gasteiger partial charge is 0.460 e. The molecule has 5 rings (SSSR count). The van der Waals surface area contributed by atoms with Crippen molar-refractivity contribution in [2.45, 2.75) is 31.9 Å². The summed E-state index contributed by atoms with van der Waals surface area (Å²) in [5.41, 5.74) is 3.31. The molecule has 0 radical (unpaired) electrons. The molecule has 1 unspecified atom stereocenters. The maximum absolute atomic E-state index is 6.09. The quantitative estimate of drug-likeness (QED) is 0.659. The summed E-state index contributed by atoms with van der Waals surface area (Å²) in [6, 6.07) is 11.8. The number of hydrogen-bond donors (Lipinski definition) is 0. The van der Waals surface area contributed by atoms with Gasteiger partial charge in [0.25, 0.3) is 0 Å². The molecule has 0 saturated carbocycles. The maximum atomic E-state index is 6.09. The Morgan fingerprint density at radius 3 is 2.89 bits per heavy atom. The summed E-state index contributed by atoms with van der Waals surface area (Å²) < 4.78 is 12.0. The molecule has 1 saturated heterocycles. The van der Waals surface area contributed by atoms with Crippen LogP contribution in [0.15, 0.2) is 47.0 Å². The fourth-order valence-corrected chi connectivity index (χ4v) is 4.47. The van der Waals surface area contributed by atoms with Gasteiger partial charge in [0.2, 0.25) is 0 Å². The number of nitrogens with zero attached hydrogens (tertiary/aromatic N) is 3. The lowest BCUT2D eigenvalue weighted by atomic mass is 9.80. The number of benzene rings is 1. The summed E-state index contributed by atoms with van der Waals surface area (Å²) >= 11 is 5.98. The third-order valence-corrected chi connectivity index (χ3v) is 5.98. The molecule has 4 heterocycles. The first-order valence-electron chi connectivity index (χ1n) is 9.59. The number of fused-ring (bicyclic) bond motifs is 2. The van der Waals surface area contributed by atoms with Gasteiger partial charge in [-0.15, -0.1) is 0 Å². The topological polar surface area (TPSA) is 51.4 Å². The van der Waals surface area contributed by atoms with Gasteiger partial charge >= 0.3 is 0 Å². The van der Waals surface area contributed by atoms with Crippen molar-refractivity contribution in [2.24, 2.45) is 0 Å². The Bertz CT molecular complexity index is 1000. The Kier molecular flexibility index (Phi) is 4.46. The van der Waals surface area contributed by atoms with Crippen LogP contribution in [0.5, 0.6) is 0 Å². The average Bonchev–Trinajstić information content (AvgIpc) is 3.32. The predicted molar refractivity (Wildman–Crippen MR) is 107 cm³/mol. The molecule has 28 heavy (non-hydrogen) atoms. The van der Waals surface area contributed by atoms with Crippen molar-refractivity contribution in [1.29, 1.82) is 0 Å². The van der Waals surface area contributed by atoms with Crippen LogP contribution in [-0.4, -0.2) is 34.6 Å². The molecule has 6 heteroatoms. The highest BCUT2D eigenvalue weighted by atomic mass is 35.5. The lowest BCUT2D eigenvalue weighted by Crippen LogP contribution is -2.40. The van der Waals surface area contributed by atoms with Crippen molar-refractivity contribution in [3.8, 4) is 11.3 Å². The zero-order valence-electron chi connectivity index (χ0n) is 15.8. The number of halogens is 1. The summed E-state index contributed by atoms with van der Waals surface area (Å²) in [5.74, 6) is 2.67. The van der Waals surface area contributed by atoms with Gasteiger partial charge in [0, 0.05) is 28.9 Å². The molecule has 2 aliphatic rings. The molecule has 1 spiro atoms. The average molecular weight is 396 g/mol. The van der Waals surface area contributed by atoms with Crippen LogP contribution in [0.4, 0.5) is 0 Å². The zero-order chi connectivity index (χ0) is 19.1. The molecule has 0 N–H and O–H groups in total. The number of aromatic nitrogens is 2. The Hall–Kier alpha value is -2.21.